The van der Waals surface area contributed by atoms with Crippen LogP contribution in [0.25, 0.3) is 10.9 Å². The van der Waals surface area contributed by atoms with E-state index in [4.69, 9.17) is 4.74 Å². The van der Waals surface area contributed by atoms with E-state index in [1.807, 2.05) is 30.3 Å². The lowest BCUT2D eigenvalue weighted by atomic mass is 10.2. The molecule has 2 N–H and O–H groups in total. The molecule has 0 aliphatic heterocycles. The van der Waals surface area contributed by atoms with Gasteiger partial charge in [-0.15, -0.1) is 0 Å². The van der Waals surface area contributed by atoms with Crippen LogP contribution < -0.4 is 14.8 Å². The van der Waals surface area contributed by atoms with Gasteiger partial charge in [0.15, 0.2) is 0 Å². The molecule has 0 bridgehead atoms. The topological polar surface area (TPSA) is 97.4 Å². The van der Waals surface area contributed by atoms with Crippen LogP contribution in [0.5, 0.6) is 5.75 Å². The molecule has 0 saturated heterocycles. The number of nitrogens with one attached hydrogen (secondary N) is 2. The molecule has 31 heavy (non-hydrogen) atoms. The van der Waals surface area contributed by atoms with Gasteiger partial charge >= 0.3 is 0 Å². The van der Waals surface area contributed by atoms with Gasteiger partial charge in [0.25, 0.3) is 5.91 Å². The Morgan fingerprint density at radius 1 is 1.10 bits per heavy atom. The summed E-state index contributed by atoms with van der Waals surface area (Å²) in [6.07, 6.45) is 4.46. The highest BCUT2D eigenvalue weighted by atomic mass is 32.2. The predicted octanol–water partition coefficient (Wildman–Crippen LogP) is 3.12. The zero-order valence-electron chi connectivity index (χ0n) is 17.1. The lowest BCUT2D eigenvalue weighted by Crippen LogP contribution is -2.27. The van der Waals surface area contributed by atoms with E-state index in [2.05, 4.69) is 15.0 Å². The van der Waals surface area contributed by atoms with Crippen molar-refractivity contribution in [1.29, 1.82) is 0 Å². The number of rotatable bonds is 10. The number of sulfonamides is 1. The first-order valence-corrected chi connectivity index (χ1v) is 11.9. The minimum absolute atomic E-state index is 0.104. The molecule has 1 aromatic heterocycles. The molecular weight excluding hydrogens is 414 g/mol. The second-order valence-electron chi connectivity index (χ2n) is 7.61. The van der Waals surface area contributed by atoms with E-state index >= 15 is 0 Å². The maximum atomic E-state index is 12.4. The van der Waals surface area contributed by atoms with Crippen molar-refractivity contribution in [2.24, 2.45) is 5.92 Å². The first-order chi connectivity index (χ1) is 15.0. The number of carbonyl (C=O) groups is 1. The summed E-state index contributed by atoms with van der Waals surface area (Å²) in [7, 11) is -3.61. The van der Waals surface area contributed by atoms with E-state index in [9.17, 15) is 13.2 Å². The van der Waals surface area contributed by atoms with Crippen molar-refractivity contribution in [1.82, 2.24) is 15.0 Å². The zero-order valence-corrected chi connectivity index (χ0v) is 17.9. The van der Waals surface area contributed by atoms with Crippen LogP contribution in [0.1, 0.15) is 29.6 Å². The largest absolute Gasteiger partial charge is 0.491 e. The van der Waals surface area contributed by atoms with Crippen LogP contribution in [0.3, 0.4) is 0 Å². The molecule has 0 atom stereocenters. The van der Waals surface area contributed by atoms with Crippen LogP contribution in [0.15, 0.2) is 65.7 Å². The van der Waals surface area contributed by atoms with Crippen molar-refractivity contribution in [3.8, 4) is 5.75 Å². The van der Waals surface area contributed by atoms with Crippen LogP contribution in [0.4, 0.5) is 0 Å². The highest BCUT2D eigenvalue weighted by molar-refractivity contribution is 7.89. The average Bonchev–Trinajstić information content (AvgIpc) is 3.62. The van der Waals surface area contributed by atoms with Crippen molar-refractivity contribution in [2.75, 3.05) is 19.7 Å². The third-order valence-corrected chi connectivity index (χ3v) is 6.55. The van der Waals surface area contributed by atoms with E-state index in [0.717, 1.165) is 23.7 Å². The van der Waals surface area contributed by atoms with Crippen molar-refractivity contribution < 1.29 is 17.9 Å². The Kier molecular flexibility index (Phi) is 6.48. The van der Waals surface area contributed by atoms with Gasteiger partial charge < -0.3 is 10.1 Å². The molecule has 1 fully saturated rings. The Morgan fingerprint density at radius 3 is 2.74 bits per heavy atom. The molecule has 0 unspecified atom stereocenters. The minimum Gasteiger partial charge on any atom is -0.491 e. The number of carbonyl (C=O) groups excluding carboxylic acids is 1. The third-order valence-electron chi connectivity index (χ3n) is 5.13. The number of para-hydroxylation sites is 1. The SMILES string of the molecule is O=C(NCCCOc1cccc2cccnc12)c1cccc(S(=O)(=O)NCC2CC2)c1. The van der Waals surface area contributed by atoms with Crippen LogP contribution in [0.2, 0.25) is 0 Å². The van der Waals surface area contributed by atoms with Crippen LogP contribution in [-0.2, 0) is 10.0 Å². The van der Waals surface area contributed by atoms with E-state index in [1.165, 1.54) is 12.1 Å². The fourth-order valence-corrected chi connectivity index (χ4v) is 4.35. The Labute approximate surface area is 181 Å². The molecule has 1 aliphatic carbocycles. The average molecular weight is 440 g/mol. The number of aromatic nitrogens is 1. The van der Waals surface area contributed by atoms with Gasteiger partial charge in [-0.25, -0.2) is 13.1 Å². The highest BCUT2D eigenvalue weighted by Crippen LogP contribution is 2.28. The van der Waals surface area contributed by atoms with Crippen molar-refractivity contribution in [3.05, 3.63) is 66.4 Å². The van der Waals surface area contributed by atoms with Gasteiger partial charge in [-0.05, 0) is 55.5 Å². The number of ether oxygens (including phenoxy) is 1. The molecule has 7 nitrogen and oxygen atoms in total. The highest BCUT2D eigenvalue weighted by Gasteiger charge is 2.24. The summed E-state index contributed by atoms with van der Waals surface area (Å²) >= 11 is 0. The zero-order chi connectivity index (χ0) is 21.7. The normalized spacial score (nSPS) is 13.8. The molecule has 1 saturated carbocycles. The summed E-state index contributed by atoms with van der Waals surface area (Å²) < 4.78 is 33.2. The molecule has 1 heterocycles. The molecule has 1 amide bonds. The first-order valence-electron chi connectivity index (χ1n) is 10.4. The third kappa shape index (κ3) is 5.59. The van der Waals surface area contributed by atoms with Gasteiger partial charge in [0.05, 0.1) is 11.5 Å². The van der Waals surface area contributed by atoms with Gasteiger partial charge in [-0.3, -0.25) is 9.78 Å². The second kappa shape index (κ2) is 9.45. The molecular formula is C23H25N3O4S. The molecule has 4 rings (SSSR count). The molecule has 8 heteroatoms. The number of hydrogen-bond donors (Lipinski definition) is 2. The molecule has 0 radical (unpaired) electrons. The van der Waals surface area contributed by atoms with Gasteiger partial charge in [0.2, 0.25) is 10.0 Å². The predicted molar refractivity (Wildman–Crippen MR) is 119 cm³/mol. The fraction of sp³-hybridized carbons (Fsp3) is 0.304. The van der Waals surface area contributed by atoms with Crippen molar-refractivity contribution >= 4 is 26.8 Å². The molecule has 162 valence electrons. The number of pyridine rings is 1. The maximum Gasteiger partial charge on any atom is 0.251 e. The summed E-state index contributed by atoms with van der Waals surface area (Å²) in [6, 6.07) is 15.7. The molecule has 1 aliphatic rings. The van der Waals surface area contributed by atoms with Crippen molar-refractivity contribution in [3.63, 3.8) is 0 Å². The van der Waals surface area contributed by atoms with Gasteiger partial charge in [-0.1, -0.05) is 24.3 Å². The molecule has 2 aromatic carbocycles. The standard InChI is InChI=1S/C23H25N3O4S/c27-23(19-6-1-8-20(15-19)31(28,29)26-16-17-10-11-17)25-13-4-14-30-21-9-2-5-18-7-3-12-24-22(18)21/h1-3,5-9,12,15,17,26H,4,10-11,13-14,16H2,(H,25,27). The first kappa shape index (κ1) is 21.3. The van der Waals surface area contributed by atoms with E-state index in [1.54, 1.807) is 18.3 Å². The Morgan fingerprint density at radius 2 is 1.90 bits per heavy atom. The maximum absolute atomic E-state index is 12.4. The van der Waals surface area contributed by atoms with Crippen LogP contribution >= 0.6 is 0 Å². The lowest BCUT2D eigenvalue weighted by molar-refractivity contribution is 0.0951. The van der Waals surface area contributed by atoms with Crippen LogP contribution in [-0.4, -0.2) is 39.0 Å². The summed E-state index contributed by atoms with van der Waals surface area (Å²) in [5.74, 6) is 0.834. The smallest absolute Gasteiger partial charge is 0.251 e. The quantitative estimate of drug-likeness (QED) is 0.473. The number of hydrogen-bond acceptors (Lipinski definition) is 5. The Balaban J connectivity index is 1.27. The van der Waals surface area contributed by atoms with E-state index in [0.29, 0.717) is 43.3 Å². The summed E-state index contributed by atoms with van der Waals surface area (Å²) in [6.45, 7) is 1.29. The van der Waals surface area contributed by atoms with Crippen LogP contribution in [0, 0.1) is 5.92 Å². The monoisotopic (exact) mass is 439 g/mol. The van der Waals surface area contributed by atoms with Gasteiger partial charge in [-0.2, -0.15) is 0 Å². The lowest BCUT2D eigenvalue weighted by Gasteiger charge is -2.10. The minimum atomic E-state index is -3.61. The van der Waals surface area contributed by atoms with Gasteiger partial charge in [0.1, 0.15) is 11.3 Å². The second-order valence-corrected chi connectivity index (χ2v) is 9.38. The summed E-state index contributed by atoms with van der Waals surface area (Å²) in [5.41, 5.74) is 1.12. The number of nitrogens with zero attached hydrogens (tertiary/aromatic N) is 1. The van der Waals surface area contributed by atoms with Crippen molar-refractivity contribution in [2.45, 2.75) is 24.2 Å². The van der Waals surface area contributed by atoms with E-state index in [-0.39, 0.29) is 10.8 Å². The molecule has 0 spiro atoms. The summed E-state index contributed by atoms with van der Waals surface area (Å²) in [4.78, 5) is 16.9. The Bertz CT molecular complexity index is 1170. The molecule has 3 aromatic rings. The fourth-order valence-electron chi connectivity index (χ4n) is 3.19. The van der Waals surface area contributed by atoms with Gasteiger partial charge in [0, 0.05) is 30.2 Å². The number of amides is 1. The number of benzene rings is 2. The van der Waals surface area contributed by atoms with E-state index < -0.39 is 10.0 Å². The number of fused-ring (bicyclic) bond motifs is 1. The Hall–Kier alpha value is -2.97. The summed E-state index contributed by atoms with van der Waals surface area (Å²) in [5, 5.41) is 3.82.